The molecule has 1 fully saturated rings. The molecule has 1 saturated carbocycles. The molecule has 0 aliphatic heterocycles. The standard InChI is InChI=1S/C26H30N2O5/c1-26(2,3)22(23(29)27-13-15-12-20(15)24(30)31)28-25(32)33-14-21-18-10-6-4-8-16(18)17-9-5-7-11-19(17)21/h4-11,15,20-22H,12-14H2,1-3H3,(H,27,29)(H,28,32)(H,30,31)/t15-,20-,22?/m0/s1. The maximum atomic E-state index is 12.8. The minimum absolute atomic E-state index is 0.0541. The molecule has 2 aromatic rings. The van der Waals surface area contributed by atoms with Crippen molar-refractivity contribution in [3.8, 4) is 11.1 Å². The first-order valence-corrected chi connectivity index (χ1v) is 11.3. The number of hydrogen-bond donors (Lipinski definition) is 3. The first-order valence-electron chi connectivity index (χ1n) is 11.3. The molecule has 2 aromatic carbocycles. The highest BCUT2D eigenvalue weighted by atomic mass is 16.5. The molecule has 0 spiro atoms. The van der Waals surface area contributed by atoms with Gasteiger partial charge in [-0.2, -0.15) is 0 Å². The normalized spacial score (nSPS) is 19.7. The monoisotopic (exact) mass is 450 g/mol. The molecule has 2 aliphatic rings. The van der Waals surface area contributed by atoms with Gasteiger partial charge in [0.25, 0.3) is 0 Å². The van der Waals surface area contributed by atoms with Crippen molar-refractivity contribution in [2.45, 2.75) is 39.2 Å². The van der Waals surface area contributed by atoms with Crippen LogP contribution < -0.4 is 10.6 Å². The maximum absolute atomic E-state index is 12.8. The van der Waals surface area contributed by atoms with Crippen LogP contribution in [0.4, 0.5) is 4.79 Å². The van der Waals surface area contributed by atoms with E-state index in [0.717, 1.165) is 22.3 Å². The Morgan fingerprint density at radius 3 is 2.12 bits per heavy atom. The number of benzene rings is 2. The van der Waals surface area contributed by atoms with Gasteiger partial charge in [0.2, 0.25) is 5.91 Å². The van der Waals surface area contributed by atoms with Crippen molar-refractivity contribution >= 4 is 18.0 Å². The zero-order valence-corrected chi connectivity index (χ0v) is 19.1. The van der Waals surface area contributed by atoms with Crippen molar-refractivity contribution < 1.29 is 24.2 Å². The number of hydrogen-bond acceptors (Lipinski definition) is 4. The van der Waals surface area contributed by atoms with Crippen LogP contribution in [0.25, 0.3) is 11.1 Å². The van der Waals surface area contributed by atoms with E-state index in [1.165, 1.54) is 0 Å². The van der Waals surface area contributed by atoms with E-state index < -0.39 is 29.4 Å². The van der Waals surface area contributed by atoms with Crippen LogP contribution in [0.3, 0.4) is 0 Å². The Morgan fingerprint density at radius 1 is 1.03 bits per heavy atom. The molecular weight excluding hydrogens is 420 g/mol. The highest BCUT2D eigenvalue weighted by molar-refractivity contribution is 5.86. The third kappa shape index (κ3) is 4.87. The van der Waals surface area contributed by atoms with E-state index in [0.29, 0.717) is 6.42 Å². The number of carbonyl (C=O) groups is 3. The molecule has 7 nitrogen and oxygen atoms in total. The number of ether oxygens (including phenoxy) is 1. The largest absolute Gasteiger partial charge is 0.481 e. The average Bonchev–Trinajstić information content (AvgIpc) is 3.49. The molecule has 2 amide bonds. The maximum Gasteiger partial charge on any atom is 0.407 e. The number of alkyl carbamates (subject to hydrolysis) is 1. The van der Waals surface area contributed by atoms with Crippen molar-refractivity contribution in [2.24, 2.45) is 17.3 Å². The third-order valence-electron chi connectivity index (χ3n) is 6.51. The number of aliphatic carboxylic acids is 1. The lowest BCUT2D eigenvalue weighted by molar-refractivity contribution is -0.139. The van der Waals surface area contributed by atoms with Crippen LogP contribution >= 0.6 is 0 Å². The van der Waals surface area contributed by atoms with Gasteiger partial charge in [0, 0.05) is 12.5 Å². The van der Waals surface area contributed by atoms with Crippen LogP contribution in [-0.4, -0.2) is 42.3 Å². The van der Waals surface area contributed by atoms with E-state index >= 15 is 0 Å². The van der Waals surface area contributed by atoms with E-state index in [-0.39, 0.29) is 30.9 Å². The molecule has 4 rings (SSSR count). The number of nitrogens with one attached hydrogen (secondary N) is 2. The zero-order valence-electron chi connectivity index (χ0n) is 19.1. The van der Waals surface area contributed by atoms with Gasteiger partial charge in [0.15, 0.2) is 0 Å². The SMILES string of the molecule is CC(C)(C)C(NC(=O)OCC1c2ccccc2-c2ccccc21)C(=O)NC[C@@H]1C[C@@H]1C(=O)O. The smallest absolute Gasteiger partial charge is 0.407 e. The van der Waals surface area contributed by atoms with Crippen LogP contribution in [0.15, 0.2) is 48.5 Å². The van der Waals surface area contributed by atoms with Gasteiger partial charge in [-0.1, -0.05) is 69.3 Å². The average molecular weight is 451 g/mol. The Balaban J connectivity index is 1.37. The van der Waals surface area contributed by atoms with Gasteiger partial charge in [-0.05, 0) is 40.0 Å². The van der Waals surface area contributed by atoms with Crippen LogP contribution in [0.1, 0.15) is 44.2 Å². The fraction of sp³-hybridized carbons (Fsp3) is 0.423. The van der Waals surface area contributed by atoms with Gasteiger partial charge in [-0.15, -0.1) is 0 Å². The lowest BCUT2D eigenvalue weighted by Gasteiger charge is -2.30. The molecule has 1 unspecified atom stereocenters. The first kappa shape index (κ1) is 22.8. The van der Waals surface area contributed by atoms with E-state index in [4.69, 9.17) is 9.84 Å². The lowest BCUT2D eigenvalue weighted by Crippen LogP contribution is -2.54. The van der Waals surface area contributed by atoms with Gasteiger partial charge in [-0.25, -0.2) is 4.79 Å². The summed E-state index contributed by atoms with van der Waals surface area (Å²) in [7, 11) is 0. The Morgan fingerprint density at radius 2 is 1.61 bits per heavy atom. The molecule has 174 valence electrons. The van der Waals surface area contributed by atoms with E-state index in [2.05, 4.69) is 34.9 Å². The molecule has 0 heterocycles. The number of carboxylic acids is 1. The predicted octanol–water partition coefficient (Wildman–Crippen LogP) is 3.78. The number of carbonyl (C=O) groups excluding carboxylic acids is 2. The topological polar surface area (TPSA) is 105 Å². The first-order chi connectivity index (χ1) is 15.7. The van der Waals surface area contributed by atoms with Crippen LogP contribution in [0.5, 0.6) is 0 Å². The number of rotatable bonds is 7. The number of fused-ring (bicyclic) bond motifs is 3. The van der Waals surface area contributed by atoms with E-state index in [1.54, 1.807) is 0 Å². The van der Waals surface area contributed by atoms with Crippen molar-refractivity contribution in [3.05, 3.63) is 59.7 Å². The van der Waals surface area contributed by atoms with Gasteiger partial charge in [-0.3, -0.25) is 9.59 Å². The van der Waals surface area contributed by atoms with Gasteiger partial charge < -0.3 is 20.5 Å². The quantitative estimate of drug-likeness (QED) is 0.596. The fourth-order valence-corrected chi connectivity index (χ4v) is 4.54. The molecule has 0 radical (unpaired) electrons. The highest BCUT2D eigenvalue weighted by Gasteiger charge is 2.44. The Hall–Kier alpha value is -3.35. The Bertz CT molecular complexity index is 1030. The summed E-state index contributed by atoms with van der Waals surface area (Å²) in [4.78, 5) is 36.5. The Kier molecular flexibility index (Phi) is 6.15. The van der Waals surface area contributed by atoms with Gasteiger partial charge in [0.05, 0.1) is 5.92 Å². The summed E-state index contributed by atoms with van der Waals surface area (Å²) in [5.41, 5.74) is 3.98. The number of carboxylic acid groups (broad SMARTS) is 1. The summed E-state index contributed by atoms with van der Waals surface area (Å²) in [5, 5.41) is 14.5. The second kappa shape index (κ2) is 8.89. The summed E-state index contributed by atoms with van der Waals surface area (Å²) in [6, 6.07) is 15.4. The molecular formula is C26H30N2O5. The Labute approximate surface area is 193 Å². The lowest BCUT2D eigenvalue weighted by atomic mass is 9.86. The molecule has 0 saturated heterocycles. The zero-order chi connectivity index (χ0) is 23.8. The van der Waals surface area contributed by atoms with Crippen molar-refractivity contribution in [3.63, 3.8) is 0 Å². The fourth-order valence-electron chi connectivity index (χ4n) is 4.54. The highest BCUT2D eigenvalue weighted by Crippen LogP contribution is 2.44. The van der Waals surface area contributed by atoms with Gasteiger partial charge in [0.1, 0.15) is 12.6 Å². The van der Waals surface area contributed by atoms with Crippen molar-refractivity contribution in [2.75, 3.05) is 13.2 Å². The van der Waals surface area contributed by atoms with Crippen LogP contribution in [0, 0.1) is 17.3 Å². The van der Waals surface area contributed by atoms with Crippen LogP contribution in [-0.2, 0) is 14.3 Å². The van der Waals surface area contributed by atoms with Crippen LogP contribution in [0.2, 0.25) is 0 Å². The van der Waals surface area contributed by atoms with E-state index in [9.17, 15) is 14.4 Å². The van der Waals surface area contributed by atoms with Gasteiger partial charge >= 0.3 is 12.1 Å². The second-order valence-corrected chi connectivity index (χ2v) is 9.95. The minimum Gasteiger partial charge on any atom is -0.481 e. The molecule has 3 atom stereocenters. The summed E-state index contributed by atoms with van der Waals surface area (Å²) in [5.74, 6) is -1.69. The third-order valence-corrected chi connectivity index (χ3v) is 6.51. The molecule has 33 heavy (non-hydrogen) atoms. The summed E-state index contributed by atoms with van der Waals surface area (Å²) in [6.45, 7) is 6.03. The molecule has 2 aliphatic carbocycles. The van der Waals surface area contributed by atoms with Crippen molar-refractivity contribution in [1.82, 2.24) is 10.6 Å². The second-order valence-electron chi connectivity index (χ2n) is 9.95. The predicted molar refractivity (Wildman–Crippen MR) is 124 cm³/mol. The molecule has 0 bridgehead atoms. The molecule has 0 aromatic heterocycles. The summed E-state index contributed by atoms with van der Waals surface area (Å²) in [6.07, 6.45) is -0.0861. The minimum atomic E-state index is -0.835. The van der Waals surface area contributed by atoms with Crippen molar-refractivity contribution in [1.29, 1.82) is 0 Å². The molecule has 7 heteroatoms. The summed E-state index contributed by atoms with van der Waals surface area (Å²) >= 11 is 0. The number of amides is 2. The summed E-state index contributed by atoms with van der Waals surface area (Å²) < 4.78 is 5.59. The molecule has 3 N–H and O–H groups in total. The van der Waals surface area contributed by atoms with E-state index in [1.807, 2.05) is 45.0 Å².